The zero-order valence-corrected chi connectivity index (χ0v) is 14.1. The summed E-state index contributed by atoms with van der Waals surface area (Å²) < 4.78 is 13.2. The summed E-state index contributed by atoms with van der Waals surface area (Å²) in [5.74, 6) is -1.63. The molecule has 0 aliphatic heterocycles. The molecule has 0 unspecified atom stereocenters. The third kappa shape index (κ3) is 2.94. The summed E-state index contributed by atoms with van der Waals surface area (Å²) in [5.41, 5.74) is 1.52. The van der Waals surface area contributed by atoms with Crippen LogP contribution in [0.2, 0.25) is 0 Å². The van der Waals surface area contributed by atoms with Gasteiger partial charge in [0, 0.05) is 23.3 Å². The highest BCUT2D eigenvalue weighted by atomic mass is 19.1. The molecule has 2 aromatic heterocycles. The smallest absolute Gasteiger partial charge is 0.336 e. The first-order valence-electron chi connectivity index (χ1n) is 8.07. The molecule has 0 atom stereocenters. The van der Waals surface area contributed by atoms with Gasteiger partial charge >= 0.3 is 5.97 Å². The molecule has 0 saturated carbocycles. The fourth-order valence-corrected chi connectivity index (χ4v) is 2.94. The van der Waals surface area contributed by atoms with Gasteiger partial charge in [-0.2, -0.15) is 5.10 Å². The molecule has 2 heterocycles. The second-order valence-corrected chi connectivity index (χ2v) is 5.97. The van der Waals surface area contributed by atoms with Crippen LogP contribution >= 0.6 is 0 Å². The van der Waals surface area contributed by atoms with Gasteiger partial charge in [-0.25, -0.2) is 14.2 Å². The van der Waals surface area contributed by atoms with Crippen molar-refractivity contribution < 1.29 is 19.2 Å². The van der Waals surface area contributed by atoms with Crippen LogP contribution in [0.1, 0.15) is 10.4 Å². The van der Waals surface area contributed by atoms with Gasteiger partial charge in [0.1, 0.15) is 5.82 Å². The van der Waals surface area contributed by atoms with Crippen LogP contribution in [-0.4, -0.2) is 31.2 Å². The fraction of sp³-hybridized carbons (Fsp3) is 0. The highest BCUT2D eigenvalue weighted by molar-refractivity contribution is 6.08. The molecule has 0 radical (unpaired) electrons. The first kappa shape index (κ1) is 17.3. The molecular formula is C19H11FN4O4. The lowest BCUT2D eigenvalue weighted by Crippen LogP contribution is -2.00. The van der Waals surface area contributed by atoms with Crippen molar-refractivity contribution in [2.45, 2.75) is 0 Å². The number of aromatic nitrogens is 3. The lowest BCUT2D eigenvalue weighted by Gasteiger charge is -2.06. The van der Waals surface area contributed by atoms with Gasteiger partial charge in [0.05, 0.1) is 27.3 Å². The molecule has 28 heavy (non-hydrogen) atoms. The van der Waals surface area contributed by atoms with Gasteiger partial charge < -0.3 is 5.11 Å². The topological polar surface area (TPSA) is 122 Å². The lowest BCUT2D eigenvalue weighted by atomic mass is 10.0. The quantitative estimate of drug-likeness (QED) is 0.408. The SMILES string of the molecule is O=C(O)c1cc(-c2ccc(F)cc2)nc2n[nH]c(-c3cccc([N+](=O)[O-])c3)c12. The fourth-order valence-electron chi connectivity index (χ4n) is 2.94. The average Bonchev–Trinajstić information content (AvgIpc) is 3.11. The normalized spacial score (nSPS) is 10.9. The molecule has 9 heteroatoms. The Labute approximate surface area is 156 Å². The third-order valence-electron chi connectivity index (χ3n) is 4.24. The molecule has 2 N–H and O–H groups in total. The minimum atomic E-state index is -1.20. The number of rotatable bonds is 4. The van der Waals surface area contributed by atoms with Crippen molar-refractivity contribution in [3.63, 3.8) is 0 Å². The van der Waals surface area contributed by atoms with Crippen molar-refractivity contribution in [1.82, 2.24) is 15.2 Å². The van der Waals surface area contributed by atoms with E-state index in [1.54, 1.807) is 6.07 Å². The van der Waals surface area contributed by atoms with Gasteiger partial charge in [-0.15, -0.1) is 0 Å². The Kier molecular flexibility index (Phi) is 4.04. The first-order chi connectivity index (χ1) is 13.4. The van der Waals surface area contributed by atoms with E-state index in [0.29, 0.717) is 22.5 Å². The average molecular weight is 378 g/mol. The van der Waals surface area contributed by atoms with Crippen molar-refractivity contribution in [3.8, 4) is 22.5 Å². The van der Waals surface area contributed by atoms with Gasteiger partial charge in [-0.05, 0) is 30.3 Å². The molecule has 4 rings (SSSR count). The Morgan fingerprint density at radius 2 is 1.86 bits per heavy atom. The number of nitro groups is 1. The van der Waals surface area contributed by atoms with Crippen LogP contribution < -0.4 is 0 Å². The van der Waals surface area contributed by atoms with E-state index >= 15 is 0 Å². The summed E-state index contributed by atoms with van der Waals surface area (Å²) in [6.07, 6.45) is 0. The monoisotopic (exact) mass is 378 g/mol. The summed E-state index contributed by atoms with van der Waals surface area (Å²) in [7, 11) is 0. The number of non-ortho nitro benzene ring substituents is 1. The maximum absolute atomic E-state index is 13.2. The molecule has 0 aliphatic carbocycles. The van der Waals surface area contributed by atoms with E-state index in [0.717, 1.165) is 0 Å². The predicted molar refractivity (Wildman–Crippen MR) is 98.3 cm³/mol. The number of aromatic carboxylic acids is 1. The number of carbonyl (C=O) groups is 1. The van der Waals surface area contributed by atoms with Gasteiger partial charge in [0.2, 0.25) is 0 Å². The number of fused-ring (bicyclic) bond motifs is 1. The molecule has 0 fully saturated rings. The maximum Gasteiger partial charge on any atom is 0.336 e. The number of nitrogens with zero attached hydrogens (tertiary/aromatic N) is 3. The molecule has 8 nitrogen and oxygen atoms in total. The summed E-state index contributed by atoms with van der Waals surface area (Å²) >= 11 is 0. The summed E-state index contributed by atoms with van der Waals surface area (Å²) in [4.78, 5) is 26.7. The van der Waals surface area contributed by atoms with Crippen molar-refractivity contribution in [1.29, 1.82) is 0 Å². The highest BCUT2D eigenvalue weighted by Gasteiger charge is 2.20. The number of carboxylic acid groups (broad SMARTS) is 1. The van der Waals surface area contributed by atoms with Crippen LogP contribution in [0.25, 0.3) is 33.5 Å². The van der Waals surface area contributed by atoms with E-state index in [1.807, 2.05) is 0 Å². The Bertz CT molecular complexity index is 1230. The van der Waals surface area contributed by atoms with Crippen molar-refractivity contribution in [2.24, 2.45) is 0 Å². The number of carboxylic acids is 1. The number of H-pyrrole nitrogens is 1. The van der Waals surface area contributed by atoms with E-state index in [4.69, 9.17) is 0 Å². The minimum absolute atomic E-state index is 0.0698. The van der Waals surface area contributed by atoms with Crippen LogP contribution in [-0.2, 0) is 0 Å². The van der Waals surface area contributed by atoms with Gasteiger partial charge in [0.15, 0.2) is 5.65 Å². The van der Waals surface area contributed by atoms with E-state index in [9.17, 15) is 24.4 Å². The van der Waals surface area contributed by atoms with Crippen LogP contribution in [0.5, 0.6) is 0 Å². The molecule has 0 spiro atoms. The Morgan fingerprint density at radius 1 is 1.11 bits per heavy atom. The molecule has 0 saturated heterocycles. The number of nitro benzene ring substituents is 1. The number of hydrogen-bond donors (Lipinski definition) is 2. The molecule has 0 aliphatic rings. The Morgan fingerprint density at radius 3 is 2.54 bits per heavy atom. The van der Waals surface area contributed by atoms with Crippen LogP contribution in [0.4, 0.5) is 10.1 Å². The highest BCUT2D eigenvalue weighted by Crippen LogP contribution is 2.32. The molecule has 138 valence electrons. The number of benzene rings is 2. The van der Waals surface area contributed by atoms with E-state index in [1.165, 1.54) is 48.5 Å². The van der Waals surface area contributed by atoms with Gasteiger partial charge in [0.25, 0.3) is 5.69 Å². The second-order valence-electron chi connectivity index (χ2n) is 5.97. The molecule has 2 aromatic carbocycles. The molecular weight excluding hydrogens is 367 g/mol. The van der Waals surface area contributed by atoms with Gasteiger partial charge in [-0.3, -0.25) is 15.2 Å². The summed E-state index contributed by atoms with van der Waals surface area (Å²) in [5, 5.41) is 27.8. The number of nitrogens with one attached hydrogen (secondary N) is 1. The van der Waals surface area contributed by atoms with E-state index < -0.39 is 16.7 Å². The van der Waals surface area contributed by atoms with Crippen molar-refractivity contribution >= 4 is 22.7 Å². The Hall–Kier alpha value is -4.14. The third-order valence-corrected chi connectivity index (χ3v) is 4.24. The molecule has 0 bridgehead atoms. The van der Waals surface area contributed by atoms with Gasteiger partial charge in [-0.1, -0.05) is 12.1 Å². The largest absolute Gasteiger partial charge is 0.478 e. The number of pyridine rings is 1. The van der Waals surface area contributed by atoms with E-state index in [2.05, 4.69) is 15.2 Å². The standard InChI is InChI=1S/C19H11FN4O4/c20-12-6-4-10(5-7-12)15-9-14(19(25)26)16-17(22-23-18(16)21-15)11-2-1-3-13(8-11)24(27)28/h1-9H,(H,25,26)(H,21,22,23). The number of aromatic amines is 1. The zero-order chi connectivity index (χ0) is 19.8. The second kappa shape index (κ2) is 6.54. The van der Waals surface area contributed by atoms with Crippen molar-refractivity contribution in [2.75, 3.05) is 0 Å². The van der Waals surface area contributed by atoms with Crippen molar-refractivity contribution in [3.05, 3.63) is 76.1 Å². The first-order valence-corrected chi connectivity index (χ1v) is 8.07. The number of hydrogen-bond acceptors (Lipinski definition) is 5. The lowest BCUT2D eigenvalue weighted by molar-refractivity contribution is -0.384. The molecule has 4 aromatic rings. The summed E-state index contributed by atoms with van der Waals surface area (Å²) in [6.45, 7) is 0. The van der Waals surface area contributed by atoms with Crippen LogP contribution in [0, 0.1) is 15.9 Å². The van der Waals surface area contributed by atoms with Crippen LogP contribution in [0.15, 0.2) is 54.6 Å². The van der Waals surface area contributed by atoms with Crippen LogP contribution in [0.3, 0.4) is 0 Å². The van der Waals surface area contributed by atoms with E-state index in [-0.39, 0.29) is 22.3 Å². The maximum atomic E-state index is 13.2. The Balaban J connectivity index is 1.94. The summed E-state index contributed by atoms with van der Waals surface area (Å²) in [6, 6.07) is 12.6. The predicted octanol–water partition coefficient (Wildman–Crippen LogP) is 4.04. The zero-order valence-electron chi connectivity index (χ0n) is 14.1. The number of halogens is 1. The molecule has 0 amide bonds. The minimum Gasteiger partial charge on any atom is -0.478 e.